The minimum absolute atomic E-state index is 0.0545. The highest BCUT2D eigenvalue weighted by atomic mass is 35.5. The van der Waals surface area contributed by atoms with Gasteiger partial charge in [0.25, 0.3) is 0 Å². The fourth-order valence-corrected chi connectivity index (χ4v) is 2.36. The van der Waals surface area contributed by atoms with E-state index in [-0.39, 0.29) is 24.4 Å². The number of nitrogens with one attached hydrogen (secondary N) is 2. The highest BCUT2D eigenvalue weighted by Crippen LogP contribution is 2.34. The molecule has 0 bridgehead atoms. The van der Waals surface area contributed by atoms with Gasteiger partial charge in [-0.2, -0.15) is 13.2 Å². The van der Waals surface area contributed by atoms with Gasteiger partial charge in [-0.1, -0.05) is 35.9 Å². The van der Waals surface area contributed by atoms with Crippen molar-refractivity contribution in [3.8, 4) is 5.75 Å². The standard InChI is InChI=1S/C17H16ClF3N2O2/c1-25-13-7-6-11(14(8-13)17(19,20)21)9-22-16(24)23-10-12-4-2-3-5-15(12)18/h2-8H,9-10H2,1H3,(H2,22,23,24). The Labute approximate surface area is 147 Å². The van der Waals surface area contributed by atoms with E-state index in [1.165, 1.54) is 19.2 Å². The molecule has 0 atom stereocenters. The highest BCUT2D eigenvalue weighted by Gasteiger charge is 2.33. The number of methoxy groups -OCH3 is 1. The Bertz CT molecular complexity index is 751. The van der Waals surface area contributed by atoms with Crippen LogP contribution in [0.3, 0.4) is 0 Å². The lowest BCUT2D eigenvalue weighted by molar-refractivity contribution is -0.138. The average molecular weight is 373 g/mol. The molecule has 2 N–H and O–H groups in total. The van der Waals surface area contributed by atoms with Crippen LogP contribution < -0.4 is 15.4 Å². The highest BCUT2D eigenvalue weighted by molar-refractivity contribution is 6.31. The zero-order valence-corrected chi connectivity index (χ0v) is 14.0. The molecule has 0 fully saturated rings. The summed E-state index contributed by atoms with van der Waals surface area (Å²) in [6.45, 7) is -0.104. The topological polar surface area (TPSA) is 50.4 Å². The SMILES string of the molecule is COc1ccc(CNC(=O)NCc2ccccc2Cl)c(C(F)(F)F)c1. The molecule has 2 aromatic rings. The summed E-state index contributed by atoms with van der Waals surface area (Å²) in [7, 11) is 1.29. The number of ether oxygens (including phenoxy) is 1. The molecule has 0 saturated carbocycles. The van der Waals surface area contributed by atoms with Crippen LogP contribution in [0.4, 0.5) is 18.0 Å². The summed E-state index contributed by atoms with van der Waals surface area (Å²) in [4.78, 5) is 11.8. The zero-order valence-electron chi connectivity index (χ0n) is 13.3. The summed E-state index contributed by atoms with van der Waals surface area (Å²) in [5.41, 5.74) is -0.195. The van der Waals surface area contributed by atoms with Gasteiger partial charge >= 0.3 is 12.2 Å². The maximum Gasteiger partial charge on any atom is 0.416 e. The van der Waals surface area contributed by atoms with Gasteiger partial charge in [0.2, 0.25) is 0 Å². The van der Waals surface area contributed by atoms with E-state index in [0.717, 1.165) is 6.07 Å². The van der Waals surface area contributed by atoms with Crippen LogP contribution in [0.1, 0.15) is 16.7 Å². The first-order valence-corrected chi connectivity index (χ1v) is 7.68. The van der Waals surface area contributed by atoms with Gasteiger partial charge in [0.1, 0.15) is 5.75 Å². The van der Waals surface area contributed by atoms with Crippen molar-refractivity contribution < 1.29 is 22.7 Å². The third-order valence-electron chi connectivity index (χ3n) is 3.46. The Morgan fingerprint density at radius 2 is 1.72 bits per heavy atom. The van der Waals surface area contributed by atoms with Crippen LogP contribution in [-0.4, -0.2) is 13.1 Å². The summed E-state index contributed by atoms with van der Waals surface area (Å²) < 4.78 is 44.1. The second-order valence-electron chi connectivity index (χ2n) is 5.15. The van der Waals surface area contributed by atoms with Crippen molar-refractivity contribution in [2.24, 2.45) is 0 Å². The summed E-state index contributed by atoms with van der Waals surface area (Å²) in [6, 6.07) is 9.95. The molecule has 0 aliphatic carbocycles. The number of hydrogen-bond acceptors (Lipinski definition) is 2. The molecule has 0 aliphatic heterocycles. The van der Waals surface area contributed by atoms with Crippen molar-refractivity contribution >= 4 is 17.6 Å². The molecule has 2 rings (SSSR count). The second-order valence-corrected chi connectivity index (χ2v) is 5.56. The van der Waals surface area contributed by atoms with Crippen LogP contribution in [0.25, 0.3) is 0 Å². The van der Waals surface area contributed by atoms with Gasteiger partial charge < -0.3 is 15.4 Å². The first-order chi connectivity index (χ1) is 11.8. The normalized spacial score (nSPS) is 11.1. The fourth-order valence-electron chi connectivity index (χ4n) is 2.16. The quantitative estimate of drug-likeness (QED) is 0.819. The van der Waals surface area contributed by atoms with Crippen molar-refractivity contribution in [2.45, 2.75) is 19.3 Å². The summed E-state index contributed by atoms with van der Waals surface area (Å²) in [5, 5.41) is 5.45. The van der Waals surface area contributed by atoms with Crippen LogP contribution in [0.15, 0.2) is 42.5 Å². The predicted molar refractivity (Wildman–Crippen MR) is 88.5 cm³/mol. The van der Waals surface area contributed by atoms with Gasteiger partial charge in [-0.3, -0.25) is 0 Å². The third-order valence-corrected chi connectivity index (χ3v) is 3.83. The van der Waals surface area contributed by atoms with Crippen molar-refractivity contribution in [3.63, 3.8) is 0 Å². The molecule has 4 nitrogen and oxygen atoms in total. The van der Waals surface area contributed by atoms with Gasteiger partial charge in [0.15, 0.2) is 0 Å². The number of rotatable bonds is 5. The van der Waals surface area contributed by atoms with Crippen molar-refractivity contribution in [3.05, 3.63) is 64.2 Å². The molecular weight excluding hydrogens is 357 g/mol. The van der Waals surface area contributed by atoms with Gasteiger partial charge in [-0.05, 0) is 29.3 Å². The molecule has 25 heavy (non-hydrogen) atoms. The van der Waals surface area contributed by atoms with Crippen LogP contribution in [0.2, 0.25) is 5.02 Å². The van der Waals surface area contributed by atoms with Crippen LogP contribution in [0.5, 0.6) is 5.75 Å². The Balaban J connectivity index is 1.99. The van der Waals surface area contributed by atoms with E-state index >= 15 is 0 Å². The lowest BCUT2D eigenvalue weighted by Gasteiger charge is -2.15. The fraction of sp³-hybridized carbons (Fsp3) is 0.235. The minimum Gasteiger partial charge on any atom is -0.497 e. The van der Waals surface area contributed by atoms with Crippen molar-refractivity contribution in [2.75, 3.05) is 7.11 Å². The van der Waals surface area contributed by atoms with Crippen molar-refractivity contribution in [1.82, 2.24) is 10.6 Å². The Morgan fingerprint density at radius 1 is 1.08 bits per heavy atom. The number of carbonyl (C=O) groups is 1. The van der Waals surface area contributed by atoms with E-state index in [1.807, 2.05) is 0 Å². The summed E-state index contributed by atoms with van der Waals surface area (Å²) in [6.07, 6.45) is -4.54. The van der Waals surface area contributed by atoms with E-state index in [0.29, 0.717) is 10.6 Å². The molecular formula is C17H16ClF3N2O2. The summed E-state index contributed by atoms with van der Waals surface area (Å²) in [5.74, 6) is 0.0965. The molecule has 0 radical (unpaired) electrons. The number of carbonyl (C=O) groups excluding carboxylic acids is 1. The van der Waals surface area contributed by atoms with E-state index in [2.05, 4.69) is 10.6 Å². The number of benzene rings is 2. The number of amides is 2. The molecule has 8 heteroatoms. The van der Waals surface area contributed by atoms with Gasteiger partial charge in [-0.15, -0.1) is 0 Å². The Kier molecular flexibility index (Phi) is 6.14. The van der Waals surface area contributed by atoms with Crippen LogP contribution in [-0.2, 0) is 19.3 Å². The van der Waals surface area contributed by atoms with Gasteiger partial charge in [-0.25, -0.2) is 4.79 Å². The molecule has 0 unspecified atom stereocenters. The third kappa shape index (κ3) is 5.29. The molecule has 2 aromatic carbocycles. The zero-order chi connectivity index (χ0) is 18.4. The molecule has 0 heterocycles. The maximum absolute atomic E-state index is 13.1. The first kappa shape index (κ1) is 18.9. The summed E-state index contributed by atoms with van der Waals surface area (Å²) >= 11 is 5.97. The molecule has 0 saturated heterocycles. The number of alkyl halides is 3. The lowest BCUT2D eigenvalue weighted by Crippen LogP contribution is -2.35. The van der Waals surface area contributed by atoms with Gasteiger partial charge in [0.05, 0.1) is 12.7 Å². The van der Waals surface area contributed by atoms with Crippen LogP contribution in [0, 0.1) is 0 Å². The molecule has 2 amide bonds. The first-order valence-electron chi connectivity index (χ1n) is 7.30. The smallest absolute Gasteiger partial charge is 0.416 e. The largest absolute Gasteiger partial charge is 0.497 e. The van der Waals surface area contributed by atoms with E-state index in [1.54, 1.807) is 24.3 Å². The Hall–Kier alpha value is -2.41. The number of halogens is 4. The molecule has 0 aliphatic rings. The van der Waals surface area contributed by atoms with E-state index < -0.39 is 17.8 Å². The molecule has 134 valence electrons. The lowest BCUT2D eigenvalue weighted by atomic mass is 10.1. The number of urea groups is 1. The molecule has 0 aromatic heterocycles. The maximum atomic E-state index is 13.1. The second kappa shape index (κ2) is 8.11. The predicted octanol–water partition coefficient (Wildman–Crippen LogP) is 4.37. The average Bonchev–Trinajstić information content (AvgIpc) is 2.58. The Morgan fingerprint density at radius 3 is 2.32 bits per heavy atom. The van der Waals surface area contributed by atoms with Gasteiger partial charge in [0, 0.05) is 18.1 Å². The number of hydrogen-bond donors (Lipinski definition) is 2. The van der Waals surface area contributed by atoms with Crippen molar-refractivity contribution in [1.29, 1.82) is 0 Å². The van der Waals surface area contributed by atoms with E-state index in [9.17, 15) is 18.0 Å². The van der Waals surface area contributed by atoms with Crippen LogP contribution >= 0.6 is 11.6 Å². The molecule has 0 spiro atoms. The monoisotopic (exact) mass is 372 g/mol. The minimum atomic E-state index is -4.54. The van der Waals surface area contributed by atoms with E-state index in [4.69, 9.17) is 16.3 Å².